The molecular weight excluding hydrogens is 388 g/mol. The van der Waals surface area contributed by atoms with Gasteiger partial charge in [-0.25, -0.2) is 0 Å². The van der Waals surface area contributed by atoms with Gasteiger partial charge in [-0.05, 0) is 65.2 Å². The van der Waals surface area contributed by atoms with Crippen LogP contribution < -0.4 is 5.32 Å². The number of aliphatic imine (C=N–C) groups is 1. The van der Waals surface area contributed by atoms with Gasteiger partial charge in [-0.1, -0.05) is 97.9 Å². The summed E-state index contributed by atoms with van der Waals surface area (Å²) in [5.41, 5.74) is 10.3. The van der Waals surface area contributed by atoms with E-state index >= 15 is 0 Å². The minimum atomic E-state index is 0.450. The largest absolute Gasteiger partial charge is 0.354 e. The molecule has 0 amide bonds. The van der Waals surface area contributed by atoms with Crippen LogP contribution >= 0.6 is 0 Å². The molecule has 172 valence electrons. The highest BCUT2D eigenvalue weighted by Crippen LogP contribution is 2.37. The standard InChI is InChI=1S/C30H42N2/c1-19(2)23-13-11-14-24(20(3)4)29(23)31-27-17-9-10-18-28(27)32-30-25(21(5)6)15-12-16-26(30)22(7)8/h11-17,19-22,31H,9-10,18H2,1-8H3/b32-28+. The summed E-state index contributed by atoms with van der Waals surface area (Å²) in [5.74, 6) is 1.84. The third kappa shape index (κ3) is 5.34. The number of hydrogen-bond donors (Lipinski definition) is 1. The SMILES string of the molecule is CC(C)c1cccc(C(C)C)c1/N=C1\CCCC=C1Nc1c(C(C)C)cccc1C(C)C. The summed E-state index contributed by atoms with van der Waals surface area (Å²) in [6.45, 7) is 18.2. The van der Waals surface area contributed by atoms with Crippen LogP contribution in [0, 0.1) is 0 Å². The molecule has 0 saturated carbocycles. The first kappa shape index (κ1) is 24.3. The maximum Gasteiger partial charge on any atom is 0.0703 e. The molecule has 3 rings (SSSR count). The summed E-state index contributed by atoms with van der Waals surface area (Å²) in [6.07, 6.45) is 5.64. The Balaban J connectivity index is 2.11. The Morgan fingerprint density at radius 1 is 0.688 bits per heavy atom. The van der Waals surface area contributed by atoms with E-state index in [2.05, 4.69) is 103 Å². The molecule has 0 heterocycles. The zero-order valence-corrected chi connectivity index (χ0v) is 21.4. The van der Waals surface area contributed by atoms with E-state index in [0.29, 0.717) is 23.7 Å². The number of allylic oxidation sites excluding steroid dienone is 2. The second kappa shape index (κ2) is 10.5. The number of nitrogens with one attached hydrogen (secondary N) is 1. The molecule has 0 bridgehead atoms. The van der Waals surface area contributed by atoms with Crippen molar-refractivity contribution in [1.82, 2.24) is 0 Å². The Hall–Kier alpha value is -2.35. The number of rotatable bonds is 7. The van der Waals surface area contributed by atoms with Gasteiger partial charge in [0, 0.05) is 5.69 Å². The molecule has 0 aromatic heterocycles. The van der Waals surface area contributed by atoms with Gasteiger partial charge in [0.05, 0.1) is 17.1 Å². The molecule has 0 aliphatic heterocycles. The van der Waals surface area contributed by atoms with Gasteiger partial charge in [0.2, 0.25) is 0 Å². The topological polar surface area (TPSA) is 24.4 Å². The Morgan fingerprint density at radius 3 is 1.62 bits per heavy atom. The number of para-hydroxylation sites is 2. The molecule has 0 saturated heterocycles. The predicted octanol–water partition coefficient (Wildman–Crippen LogP) is 9.43. The van der Waals surface area contributed by atoms with Crippen molar-refractivity contribution >= 4 is 17.1 Å². The van der Waals surface area contributed by atoms with Crippen LogP contribution in [0.5, 0.6) is 0 Å². The Morgan fingerprint density at radius 2 is 1.16 bits per heavy atom. The van der Waals surface area contributed by atoms with Crippen LogP contribution in [-0.4, -0.2) is 5.71 Å². The molecule has 2 aromatic rings. The van der Waals surface area contributed by atoms with Gasteiger partial charge in [0.15, 0.2) is 0 Å². The molecule has 0 fully saturated rings. The normalized spacial score (nSPS) is 15.9. The third-order valence-corrected chi connectivity index (χ3v) is 6.50. The van der Waals surface area contributed by atoms with Gasteiger partial charge in [-0.15, -0.1) is 0 Å². The van der Waals surface area contributed by atoms with Crippen molar-refractivity contribution in [3.63, 3.8) is 0 Å². The summed E-state index contributed by atoms with van der Waals surface area (Å²) < 4.78 is 0. The molecule has 1 aliphatic carbocycles. The van der Waals surface area contributed by atoms with Gasteiger partial charge in [0.25, 0.3) is 0 Å². The predicted molar refractivity (Wildman–Crippen MR) is 142 cm³/mol. The monoisotopic (exact) mass is 430 g/mol. The highest BCUT2D eigenvalue weighted by molar-refractivity contribution is 6.05. The van der Waals surface area contributed by atoms with E-state index in [0.717, 1.165) is 19.3 Å². The van der Waals surface area contributed by atoms with Gasteiger partial charge in [-0.2, -0.15) is 0 Å². The van der Waals surface area contributed by atoms with Gasteiger partial charge in [-0.3, -0.25) is 4.99 Å². The van der Waals surface area contributed by atoms with Crippen LogP contribution in [0.4, 0.5) is 11.4 Å². The molecule has 1 N–H and O–H groups in total. The summed E-state index contributed by atoms with van der Waals surface area (Å²) in [5, 5.41) is 3.88. The molecule has 0 unspecified atom stereocenters. The number of benzene rings is 2. The first-order valence-electron chi connectivity index (χ1n) is 12.5. The fraction of sp³-hybridized carbons (Fsp3) is 0.500. The van der Waals surface area contributed by atoms with E-state index < -0.39 is 0 Å². The highest BCUT2D eigenvalue weighted by Gasteiger charge is 2.20. The van der Waals surface area contributed by atoms with E-state index in [1.165, 1.54) is 45.0 Å². The van der Waals surface area contributed by atoms with Crippen LogP contribution in [0.1, 0.15) is 121 Å². The molecule has 0 radical (unpaired) electrons. The lowest BCUT2D eigenvalue weighted by Crippen LogP contribution is -2.17. The summed E-state index contributed by atoms with van der Waals surface area (Å²) in [7, 11) is 0. The zero-order chi connectivity index (χ0) is 23.4. The Kier molecular flexibility index (Phi) is 7.98. The van der Waals surface area contributed by atoms with Crippen molar-refractivity contribution in [3.05, 3.63) is 70.4 Å². The molecule has 0 atom stereocenters. The van der Waals surface area contributed by atoms with E-state index in [1.807, 2.05) is 0 Å². The smallest absolute Gasteiger partial charge is 0.0703 e. The van der Waals surface area contributed by atoms with Gasteiger partial charge >= 0.3 is 0 Å². The second-order valence-electron chi connectivity index (χ2n) is 10.4. The fourth-order valence-corrected chi connectivity index (χ4v) is 4.61. The van der Waals surface area contributed by atoms with Crippen molar-refractivity contribution in [1.29, 1.82) is 0 Å². The summed E-state index contributed by atoms with van der Waals surface area (Å²) in [4.78, 5) is 5.37. The molecule has 2 nitrogen and oxygen atoms in total. The van der Waals surface area contributed by atoms with Crippen molar-refractivity contribution in [2.24, 2.45) is 4.99 Å². The number of nitrogens with zero attached hydrogens (tertiary/aromatic N) is 1. The second-order valence-corrected chi connectivity index (χ2v) is 10.4. The average molecular weight is 431 g/mol. The lowest BCUT2D eigenvalue weighted by Gasteiger charge is -2.25. The van der Waals surface area contributed by atoms with E-state index in [-0.39, 0.29) is 0 Å². The van der Waals surface area contributed by atoms with Crippen molar-refractivity contribution in [2.45, 2.75) is 98.3 Å². The average Bonchev–Trinajstić information content (AvgIpc) is 2.74. The minimum absolute atomic E-state index is 0.450. The van der Waals surface area contributed by atoms with Crippen LogP contribution in [0.2, 0.25) is 0 Å². The van der Waals surface area contributed by atoms with Crippen LogP contribution in [0.3, 0.4) is 0 Å². The molecule has 2 heteroatoms. The van der Waals surface area contributed by atoms with Crippen LogP contribution in [0.15, 0.2) is 53.2 Å². The van der Waals surface area contributed by atoms with Gasteiger partial charge < -0.3 is 5.32 Å². The first-order valence-corrected chi connectivity index (χ1v) is 12.5. The van der Waals surface area contributed by atoms with Crippen molar-refractivity contribution in [3.8, 4) is 0 Å². The van der Waals surface area contributed by atoms with Crippen LogP contribution in [0.25, 0.3) is 0 Å². The summed E-state index contributed by atoms with van der Waals surface area (Å²) >= 11 is 0. The quantitative estimate of drug-likeness (QED) is 0.464. The molecule has 2 aromatic carbocycles. The molecular formula is C30H42N2. The lowest BCUT2D eigenvalue weighted by atomic mass is 9.91. The van der Waals surface area contributed by atoms with Gasteiger partial charge in [0.1, 0.15) is 0 Å². The van der Waals surface area contributed by atoms with Crippen LogP contribution in [-0.2, 0) is 0 Å². The van der Waals surface area contributed by atoms with E-state index in [1.54, 1.807) is 0 Å². The first-order chi connectivity index (χ1) is 15.2. The summed E-state index contributed by atoms with van der Waals surface area (Å²) in [6, 6.07) is 13.4. The van der Waals surface area contributed by atoms with E-state index in [4.69, 9.17) is 4.99 Å². The molecule has 0 spiro atoms. The Labute approximate surface area is 196 Å². The van der Waals surface area contributed by atoms with Crippen molar-refractivity contribution in [2.75, 3.05) is 5.32 Å². The number of anilines is 1. The maximum absolute atomic E-state index is 5.37. The highest BCUT2D eigenvalue weighted by atomic mass is 14.9. The Bertz CT molecular complexity index is 937. The number of hydrogen-bond acceptors (Lipinski definition) is 2. The van der Waals surface area contributed by atoms with Crippen molar-refractivity contribution < 1.29 is 0 Å². The lowest BCUT2D eigenvalue weighted by molar-refractivity contribution is 0.828. The molecule has 1 aliphatic rings. The zero-order valence-electron chi connectivity index (χ0n) is 21.4. The molecule has 32 heavy (non-hydrogen) atoms. The van der Waals surface area contributed by atoms with E-state index in [9.17, 15) is 0 Å². The fourth-order valence-electron chi connectivity index (χ4n) is 4.61. The third-order valence-electron chi connectivity index (χ3n) is 6.50. The maximum atomic E-state index is 5.37. The minimum Gasteiger partial charge on any atom is -0.354 e.